The van der Waals surface area contributed by atoms with Crippen molar-refractivity contribution in [2.45, 2.75) is 6.61 Å². The molecule has 0 fully saturated rings. The molecule has 0 atom stereocenters. The maximum absolute atomic E-state index is 13.5. The molecule has 2 N–H and O–H groups in total. The summed E-state index contributed by atoms with van der Waals surface area (Å²) >= 11 is 0. The summed E-state index contributed by atoms with van der Waals surface area (Å²) in [6, 6.07) is 13.3. The number of hydrogen-bond donors (Lipinski definition) is 1. The summed E-state index contributed by atoms with van der Waals surface area (Å²) in [7, 11) is 0. The van der Waals surface area contributed by atoms with Crippen LogP contribution in [-0.4, -0.2) is 0 Å². The predicted octanol–water partition coefficient (Wildman–Crippen LogP) is 2.86. The number of ether oxygens (including phenoxy) is 1. The van der Waals surface area contributed by atoms with Gasteiger partial charge in [-0.3, -0.25) is 0 Å². The average Bonchev–Trinajstić information content (AvgIpc) is 2.38. The van der Waals surface area contributed by atoms with Gasteiger partial charge < -0.3 is 10.5 Å². The minimum Gasteiger partial charge on any atom is -0.487 e. The lowest BCUT2D eigenvalue weighted by molar-refractivity contribution is 0.300. The smallest absolute Gasteiger partial charge is 0.137 e. The van der Waals surface area contributed by atoms with E-state index < -0.39 is 5.82 Å². The molecule has 18 heavy (non-hydrogen) atoms. The van der Waals surface area contributed by atoms with E-state index >= 15 is 0 Å². The summed E-state index contributed by atoms with van der Waals surface area (Å²) in [5, 5.41) is 8.90. The Morgan fingerprint density at radius 2 is 1.94 bits per heavy atom. The topological polar surface area (TPSA) is 59.0 Å². The van der Waals surface area contributed by atoms with E-state index in [1.807, 2.05) is 6.07 Å². The molecular weight excluding hydrogens is 231 g/mol. The third kappa shape index (κ3) is 2.41. The fourth-order valence-electron chi connectivity index (χ4n) is 1.56. The molecule has 2 aromatic carbocycles. The zero-order valence-electron chi connectivity index (χ0n) is 9.56. The first-order valence-corrected chi connectivity index (χ1v) is 5.37. The van der Waals surface area contributed by atoms with E-state index in [9.17, 15) is 4.39 Å². The number of halogens is 1. The summed E-state index contributed by atoms with van der Waals surface area (Å²) in [5.41, 5.74) is 6.71. The second-order valence-corrected chi connectivity index (χ2v) is 3.70. The molecular formula is C14H11FN2O. The first-order valence-electron chi connectivity index (χ1n) is 5.37. The largest absolute Gasteiger partial charge is 0.487 e. The first kappa shape index (κ1) is 11.9. The number of hydrogen-bond acceptors (Lipinski definition) is 3. The van der Waals surface area contributed by atoms with Gasteiger partial charge in [-0.2, -0.15) is 5.26 Å². The Hall–Kier alpha value is -2.54. The van der Waals surface area contributed by atoms with Crippen molar-refractivity contribution < 1.29 is 9.13 Å². The van der Waals surface area contributed by atoms with E-state index in [-0.39, 0.29) is 6.61 Å². The lowest BCUT2D eigenvalue weighted by Gasteiger charge is -2.10. The Kier molecular flexibility index (Phi) is 3.44. The highest BCUT2D eigenvalue weighted by molar-refractivity contribution is 5.48. The predicted molar refractivity (Wildman–Crippen MR) is 66.3 cm³/mol. The molecule has 0 saturated carbocycles. The van der Waals surface area contributed by atoms with Crippen molar-refractivity contribution in [2.24, 2.45) is 0 Å². The molecule has 0 heterocycles. The molecule has 0 spiro atoms. The second kappa shape index (κ2) is 5.19. The van der Waals surface area contributed by atoms with Crippen molar-refractivity contribution in [2.75, 3.05) is 5.73 Å². The molecule has 2 rings (SSSR count). The van der Waals surface area contributed by atoms with Crippen molar-refractivity contribution in [1.29, 1.82) is 5.26 Å². The monoisotopic (exact) mass is 242 g/mol. The fraction of sp³-hybridized carbons (Fsp3) is 0.0714. The maximum atomic E-state index is 13.5. The highest BCUT2D eigenvalue weighted by atomic mass is 19.1. The van der Waals surface area contributed by atoms with Gasteiger partial charge in [0.2, 0.25) is 0 Å². The molecule has 2 aromatic rings. The molecule has 0 bridgehead atoms. The van der Waals surface area contributed by atoms with Crippen molar-refractivity contribution in [1.82, 2.24) is 0 Å². The van der Waals surface area contributed by atoms with Crippen LogP contribution >= 0.6 is 0 Å². The summed E-state index contributed by atoms with van der Waals surface area (Å²) in [4.78, 5) is 0. The molecule has 0 amide bonds. The van der Waals surface area contributed by atoms with Crippen LogP contribution in [0.5, 0.6) is 5.75 Å². The van der Waals surface area contributed by atoms with E-state index in [1.54, 1.807) is 30.3 Å². The minimum atomic E-state index is -0.413. The summed E-state index contributed by atoms with van der Waals surface area (Å²) in [6.45, 7) is -0.00278. The van der Waals surface area contributed by atoms with Crippen LogP contribution < -0.4 is 10.5 Å². The number of anilines is 1. The number of nitriles is 1. The van der Waals surface area contributed by atoms with Crippen LogP contribution in [0.4, 0.5) is 10.1 Å². The standard InChI is InChI=1S/C14H11FN2O/c15-12-5-3-6-13(17)11(12)9-18-14-7-2-1-4-10(14)8-16/h1-7H,9,17H2. The van der Waals surface area contributed by atoms with Crippen molar-refractivity contribution in [3.63, 3.8) is 0 Å². The third-order valence-electron chi connectivity index (χ3n) is 2.53. The van der Waals surface area contributed by atoms with Gasteiger partial charge in [-0.1, -0.05) is 18.2 Å². The zero-order chi connectivity index (χ0) is 13.0. The molecule has 0 aliphatic heterocycles. The van der Waals surface area contributed by atoms with Gasteiger partial charge in [-0.15, -0.1) is 0 Å². The lowest BCUT2D eigenvalue weighted by Crippen LogP contribution is -2.03. The molecule has 0 radical (unpaired) electrons. The highest BCUT2D eigenvalue weighted by Gasteiger charge is 2.08. The molecule has 0 aliphatic rings. The Morgan fingerprint density at radius 1 is 1.17 bits per heavy atom. The summed E-state index contributed by atoms with van der Waals surface area (Å²) in [5.74, 6) is 0.00657. The van der Waals surface area contributed by atoms with Crippen LogP contribution in [0.1, 0.15) is 11.1 Å². The number of nitrogen functional groups attached to an aromatic ring is 1. The quantitative estimate of drug-likeness (QED) is 0.842. The Labute approximate surface area is 104 Å². The van der Waals surface area contributed by atoms with Crippen LogP contribution in [0.15, 0.2) is 42.5 Å². The number of rotatable bonds is 3. The highest BCUT2D eigenvalue weighted by Crippen LogP contribution is 2.21. The average molecular weight is 242 g/mol. The molecule has 4 heteroatoms. The normalized spacial score (nSPS) is 9.78. The number of nitrogens with two attached hydrogens (primary N) is 1. The van der Waals surface area contributed by atoms with E-state index in [4.69, 9.17) is 15.7 Å². The van der Waals surface area contributed by atoms with Crippen molar-refractivity contribution in [3.05, 3.63) is 59.4 Å². The van der Waals surface area contributed by atoms with Crippen LogP contribution in [0.3, 0.4) is 0 Å². The molecule has 0 aromatic heterocycles. The third-order valence-corrected chi connectivity index (χ3v) is 2.53. The fourth-order valence-corrected chi connectivity index (χ4v) is 1.56. The summed E-state index contributed by atoms with van der Waals surface area (Å²) in [6.07, 6.45) is 0. The van der Waals surface area contributed by atoms with Crippen molar-refractivity contribution in [3.8, 4) is 11.8 Å². The Balaban J connectivity index is 2.20. The number of nitrogens with zero attached hydrogens (tertiary/aromatic N) is 1. The molecule has 0 saturated heterocycles. The van der Waals surface area contributed by atoms with Gasteiger partial charge in [0, 0.05) is 11.3 Å². The van der Waals surface area contributed by atoms with Gasteiger partial charge in [0.25, 0.3) is 0 Å². The van der Waals surface area contributed by atoms with E-state index in [0.717, 1.165) is 0 Å². The number of para-hydroxylation sites is 1. The van der Waals surface area contributed by atoms with E-state index in [0.29, 0.717) is 22.6 Å². The molecule has 0 aliphatic carbocycles. The molecule has 0 unspecified atom stereocenters. The minimum absolute atomic E-state index is 0.00278. The van der Waals surface area contributed by atoms with Gasteiger partial charge in [0.05, 0.1) is 5.56 Å². The first-order chi connectivity index (χ1) is 8.72. The lowest BCUT2D eigenvalue weighted by atomic mass is 10.2. The van der Waals surface area contributed by atoms with Crippen LogP contribution in [0.2, 0.25) is 0 Å². The number of benzene rings is 2. The van der Waals surface area contributed by atoms with Crippen LogP contribution in [0, 0.1) is 17.1 Å². The Bertz CT molecular complexity index is 585. The van der Waals surface area contributed by atoms with Crippen LogP contribution in [-0.2, 0) is 6.61 Å². The summed E-state index contributed by atoms with van der Waals surface area (Å²) < 4.78 is 18.9. The Morgan fingerprint density at radius 3 is 2.67 bits per heavy atom. The van der Waals surface area contributed by atoms with E-state index in [2.05, 4.69) is 0 Å². The maximum Gasteiger partial charge on any atom is 0.137 e. The van der Waals surface area contributed by atoms with Gasteiger partial charge >= 0.3 is 0 Å². The SMILES string of the molecule is N#Cc1ccccc1OCc1c(N)cccc1F. The van der Waals surface area contributed by atoms with E-state index in [1.165, 1.54) is 12.1 Å². The van der Waals surface area contributed by atoms with Crippen LogP contribution in [0.25, 0.3) is 0 Å². The van der Waals surface area contributed by atoms with Gasteiger partial charge in [0.15, 0.2) is 0 Å². The zero-order valence-corrected chi connectivity index (χ0v) is 9.56. The van der Waals surface area contributed by atoms with Gasteiger partial charge in [0.1, 0.15) is 24.2 Å². The molecule has 90 valence electrons. The van der Waals surface area contributed by atoms with Gasteiger partial charge in [-0.05, 0) is 24.3 Å². The van der Waals surface area contributed by atoms with Gasteiger partial charge in [-0.25, -0.2) is 4.39 Å². The molecule has 3 nitrogen and oxygen atoms in total. The van der Waals surface area contributed by atoms with Crippen molar-refractivity contribution >= 4 is 5.69 Å². The second-order valence-electron chi connectivity index (χ2n) is 3.70.